The first-order valence-electron chi connectivity index (χ1n) is 6.97. The van der Waals surface area contributed by atoms with Crippen LogP contribution in [0.1, 0.15) is 31.2 Å². The monoisotopic (exact) mass is 263 g/mol. The van der Waals surface area contributed by atoms with Crippen LogP contribution < -0.4 is 5.32 Å². The number of thioether (sulfide) groups is 1. The number of hydrogen-bond acceptors (Lipinski definition) is 3. The highest BCUT2D eigenvalue weighted by atomic mass is 32.2. The van der Waals surface area contributed by atoms with Crippen molar-refractivity contribution in [2.75, 3.05) is 13.2 Å². The summed E-state index contributed by atoms with van der Waals surface area (Å²) >= 11 is 1.98. The van der Waals surface area contributed by atoms with Gasteiger partial charge in [-0.25, -0.2) is 0 Å². The molecule has 1 atom stereocenters. The molecule has 2 aliphatic rings. The van der Waals surface area contributed by atoms with E-state index in [1.54, 1.807) is 0 Å². The first kappa shape index (κ1) is 12.5. The zero-order valence-corrected chi connectivity index (χ0v) is 11.5. The third-order valence-electron chi connectivity index (χ3n) is 3.49. The van der Waals surface area contributed by atoms with Gasteiger partial charge in [-0.15, -0.1) is 11.8 Å². The standard InChI is InChI=1S/C15H21NOS/c1-3-12(10-16-13-6-7-13)9-14(4-1)18-15-5-2-8-17-11-15/h1,3-4,9,13,15-16H,2,5-8,10-11H2. The fraction of sp³-hybridized carbons (Fsp3) is 0.600. The van der Waals surface area contributed by atoms with Crippen molar-refractivity contribution in [3.8, 4) is 0 Å². The van der Waals surface area contributed by atoms with Crippen LogP contribution in [0.15, 0.2) is 29.2 Å². The van der Waals surface area contributed by atoms with Crippen molar-refractivity contribution in [1.29, 1.82) is 0 Å². The van der Waals surface area contributed by atoms with Gasteiger partial charge in [0.05, 0.1) is 6.61 Å². The van der Waals surface area contributed by atoms with Crippen molar-refractivity contribution < 1.29 is 4.74 Å². The van der Waals surface area contributed by atoms with Crippen LogP contribution in [0.2, 0.25) is 0 Å². The second-order valence-electron chi connectivity index (χ2n) is 5.26. The molecule has 1 heterocycles. The third kappa shape index (κ3) is 3.74. The summed E-state index contributed by atoms with van der Waals surface area (Å²) < 4.78 is 5.54. The van der Waals surface area contributed by atoms with Crippen LogP contribution in [0.25, 0.3) is 0 Å². The Balaban J connectivity index is 1.55. The molecule has 3 rings (SSSR count). The smallest absolute Gasteiger partial charge is 0.0588 e. The zero-order chi connectivity index (χ0) is 12.2. The van der Waals surface area contributed by atoms with Gasteiger partial charge in [0.1, 0.15) is 0 Å². The largest absolute Gasteiger partial charge is 0.380 e. The topological polar surface area (TPSA) is 21.3 Å². The Morgan fingerprint density at radius 3 is 3.00 bits per heavy atom. The first-order valence-corrected chi connectivity index (χ1v) is 7.85. The van der Waals surface area contributed by atoms with E-state index < -0.39 is 0 Å². The lowest BCUT2D eigenvalue weighted by molar-refractivity contribution is 0.101. The minimum Gasteiger partial charge on any atom is -0.380 e. The second-order valence-corrected chi connectivity index (χ2v) is 6.63. The molecule has 2 nitrogen and oxygen atoms in total. The van der Waals surface area contributed by atoms with Crippen molar-refractivity contribution >= 4 is 11.8 Å². The fourth-order valence-corrected chi connectivity index (χ4v) is 3.49. The van der Waals surface area contributed by atoms with E-state index >= 15 is 0 Å². The predicted octanol–water partition coefficient (Wildman–Crippen LogP) is 3.21. The molecule has 1 saturated carbocycles. The number of benzene rings is 1. The summed E-state index contributed by atoms with van der Waals surface area (Å²) in [6.07, 6.45) is 5.21. The lowest BCUT2D eigenvalue weighted by atomic mass is 10.2. The predicted molar refractivity (Wildman–Crippen MR) is 76.0 cm³/mol. The van der Waals surface area contributed by atoms with Gasteiger partial charge in [0.25, 0.3) is 0 Å². The number of hydrogen-bond donors (Lipinski definition) is 1. The highest BCUT2D eigenvalue weighted by molar-refractivity contribution is 8.00. The molecule has 0 amide bonds. The molecule has 1 saturated heterocycles. The molecule has 1 N–H and O–H groups in total. The average molecular weight is 263 g/mol. The summed E-state index contributed by atoms with van der Waals surface area (Å²) in [6.45, 7) is 2.87. The molecular formula is C15H21NOS. The van der Waals surface area contributed by atoms with Gasteiger partial charge < -0.3 is 10.1 Å². The van der Waals surface area contributed by atoms with Gasteiger partial charge in [-0.1, -0.05) is 12.1 Å². The van der Waals surface area contributed by atoms with E-state index in [2.05, 4.69) is 29.6 Å². The molecule has 1 aliphatic heterocycles. The maximum atomic E-state index is 5.54. The third-order valence-corrected chi connectivity index (χ3v) is 4.72. The van der Waals surface area contributed by atoms with E-state index in [1.165, 1.54) is 36.1 Å². The van der Waals surface area contributed by atoms with E-state index in [0.29, 0.717) is 5.25 Å². The molecule has 3 heteroatoms. The lowest BCUT2D eigenvalue weighted by Crippen LogP contribution is -2.19. The van der Waals surface area contributed by atoms with E-state index in [0.717, 1.165) is 25.8 Å². The average Bonchev–Trinajstić information content (AvgIpc) is 3.22. The van der Waals surface area contributed by atoms with Gasteiger partial charge in [-0.3, -0.25) is 0 Å². The normalized spacial score (nSPS) is 24.1. The molecule has 98 valence electrons. The van der Waals surface area contributed by atoms with E-state index in [1.807, 2.05) is 11.8 Å². The van der Waals surface area contributed by atoms with Crippen molar-refractivity contribution in [2.45, 2.75) is 48.4 Å². The molecule has 0 bridgehead atoms. The summed E-state index contributed by atoms with van der Waals surface area (Å²) in [7, 11) is 0. The Bertz CT molecular complexity index is 386. The van der Waals surface area contributed by atoms with Crippen LogP contribution in [0.4, 0.5) is 0 Å². The molecule has 2 fully saturated rings. The van der Waals surface area contributed by atoms with Crippen molar-refractivity contribution in [2.24, 2.45) is 0 Å². The van der Waals surface area contributed by atoms with Gasteiger partial charge in [-0.2, -0.15) is 0 Å². The summed E-state index contributed by atoms with van der Waals surface area (Å²) in [5.41, 5.74) is 1.41. The number of rotatable bonds is 5. The Morgan fingerprint density at radius 1 is 1.28 bits per heavy atom. The molecule has 1 unspecified atom stereocenters. The summed E-state index contributed by atoms with van der Waals surface area (Å²) in [4.78, 5) is 1.39. The molecule has 0 spiro atoms. The van der Waals surface area contributed by atoms with E-state index in [-0.39, 0.29) is 0 Å². The van der Waals surface area contributed by atoms with Gasteiger partial charge in [0.15, 0.2) is 0 Å². The van der Waals surface area contributed by atoms with Crippen molar-refractivity contribution in [1.82, 2.24) is 5.32 Å². The van der Waals surface area contributed by atoms with Crippen molar-refractivity contribution in [3.63, 3.8) is 0 Å². The summed E-state index contributed by atoms with van der Waals surface area (Å²) in [5.74, 6) is 0. The molecule has 18 heavy (non-hydrogen) atoms. The Morgan fingerprint density at radius 2 is 2.22 bits per heavy atom. The maximum Gasteiger partial charge on any atom is 0.0588 e. The van der Waals surface area contributed by atoms with Crippen LogP contribution >= 0.6 is 11.8 Å². The molecule has 1 aromatic carbocycles. The van der Waals surface area contributed by atoms with Gasteiger partial charge >= 0.3 is 0 Å². The van der Waals surface area contributed by atoms with Crippen LogP contribution in [0, 0.1) is 0 Å². The van der Waals surface area contributed by atoms with E-state index in [9.17, 15) is 0 Å². The SMILES string of the molecule is c1cc(CNC2CC2)cc(SC2CCCOC2)c1. The van der Waals surface area contributed by atoms with Crippen LogP contribution in [-0.4, -0.2) is 24.5 Å². The van der Waals surface area contributed by atoms with Crippen molar-refractivity contribution in [3.05, 3.63) is 29.8 Å². The number of nitrogens with one attached hydrogen (secondary N) is 1. The molecule has 1 aliphatic carbocycles. The van der Waals surface area contributed by atoms with Crippen LogP contribution in [0.3, 0.4) is 0 Å². The lowest BCUT2D eigenvalue weighted by Gasteiger charge is -2.21. The maximum absolute atomic E-state index is 5.54. The second kappa shape index (κ2) is 6.09. The van der Waals surface area contributed by atoms with Gasteiger partial charge in [-0.05, 0) is 43.4 Å². The Labute approximate surface area is 113 Å². The zero-order valence-electron chi connectivity index (χ0n) is 10.7. The van der Waals surface area contributed by atoms with Crippen LogP contribution in [-0.2, 0) is 11.3 Å². The van der Waals surface area contributed by atoms with Gasteiger partial charge in [0.2, 0.25) is 0 Å². The van der Waals surface area contributed by atoms with E-state index in [4.69, 9.17) is 4.74 Å². The molecule has 0 aromatic heterocycles. The Kier molecular flexibility index (Phi) is 4.24. The summed E-state index contributed by atoms with van der Waals surface area (Å²) in [6, 6.07) is 9.73. The number of ether oxygens (including phenoxy) is 1. The minimum atomic E-state index is 0.644. The Hall–Kier alpha value is -0.510. The quantitative estimate of drug-likeness (QED) is 0.881. The molecular weight excluding hydrogens is 242 g/mol. The minimum absolute atomic E-state index is 0.644. The molecule has 1 aromatic rings. The summed E-state index contributed by atoms with van der Waals surface area (Å²) in [5, 5.41) is 4.21. The highest BCUT2D eigenvalue weighted by Crippen LogP contribution is 2.29. The highest BCUT2D eigenvalue weighted by Gasteiger charge is 2.20. The fourth-order valence-electron chi connectivity index (χ4n) is 2.27. The van der Waals surface area contributed by atoms with Crippen LogP contribution in [0.5, 0.6) is 0 Å². The molecule has 0 radical (unpaired) electrons. The first-order chi connectivity index (χ1) is 8.90. The van der Waals surface area contributed by atoms with Gasteiger partial charge in [0, 0.05) is 29.3 Å².